The number of halogens is 5. The molecule has 37 heavy (non-hydrogen) atoms. The molecular formula is C25H21F5N2O5. The molecule has 1 aliphatic rings. The van der Waals surface area contributed by atoms with Crippen LogP contribution in [0.5, 0.6) is 0 Å². The molecule has 0 spiro atoms. The highest BCUT2D eigenvalue weighted by Crippen LogP contribution is 2.34. The van der Waals surface area contributed by atoms with Gasteiger partial charge in [0.1, 0.15) is 5.58 Å². The number of benzene rings is 2. The molecule has 0 saturated carbocycles. The molecule has 12 heteroatoms. The number of para-hydroxylation sites is 1. The van der Waals surface area contributed by atoms with E-state index in [1.165, 1.54) is 29.2 Å². The van der Waals surface area contributed by atoms with E-state index in [-0.39, 0.29) is 41.1 Å². The first-order valence-electron chi connectivity index (χ1n) is 11.2. The first-order valence-corrected chi connectivity index (χ1v) is 11.2. The van der Waals surface area contributed by atoms with Crippen LogP contribution in [-0.2, 0) is 9.53 Å². The highest BCUT2D eigenvalue weighted by atomic mass is 19.4. The molecule has 3 aromatic rings. The Morgan fingerprint density at radius 1 is 1.16 bits per heavy atom. The molecule has 1 aliphatic heterocycles. The van der Waals surface area contributed by atoms with Gasteiger partial charge in [0.15, 0.2) is 11.3 Å². The third-order valence-electron chi connectivity index (χ3n) is 5.87. The number of hydrogen-bond acceptors (Lipinski definition) is 7. The Hall–Kier alpha value is -3.96. The van der Waals surface area contributed by atoms with Crippen LogP contribution in [0.1, 0.15) is 40.9 Å². The maximum Gasteiger partial charge on any atom is 0.491 e. The summed E-state index contributed by atoms with van der Waals surface area (Å²) in [5.74, 6) is -7.08. The van der Waals surface area contributed by atoms with E-state index >= 15 is 0 Å². The second-order valence-corrected chi connectivity index (χ2v) is 8.79. The van der Waals surface area contributed by atoms with Crippen molar-refractivity contribution in [3.05, 3.63) is 69.4 Å². The Morgan fingerprint density at radius 3 is 2.51 bits per heavy atom. The van der Waals surface area contributed by atoms with Gasteiger partial charge in [-0.1, -0.05) is 18.2 Å². The van der Waals surface area contributed by atoms with Crippen molar-refractivity contribution in [3.63, 3.8) is 0 Å². The predicted octanol–water partition coefficient (Wildman–Crippen LogP) is 5.37. The number of nitrogens with one attached hydrogen (secondary N) is 1. The lowest BCUT2D eigenvalue weighted by molar-refractivity contribution is -0.193. The SMILES string of the molecule is Cc1cc(C(C)Nc2ccccc2C(=O)OC(=O)C(F)(F)F)c2oc(N3CCC(F)(F)C3)cc(=O)c2c1. The molecular weight excluding hydrogens is 503 g/mol. The highest BCUT2D eigenvalue weighted by Gasteiger charge is 2.43. The number of anilines is 2. The van der Waals surface area contributed by atoms with Crippen molar-refractivity contribution in [2.24, 2.45) is 0 Å². The average Bonchev–Trinajstić information content (AvgIpc) is 3.18. The van der Waals surface area contributed by atoms with E-state index in [4.69, 9.17) is 4.42 Å². The first kappa shape index (κ1) is 26.1. The summed E-state index contributed by atoms with van der Waals surface area (Å²) in [5.41, 5.74) is 0.559. The topological polar surface area (TPSA) is 88.8 Å². The minimum absolute atomic E-state index is 0.00256. The smallest absolute Gasteiger partial charge is 0.440 e. The van der Waals surface area contributed by atoms with E-state index in [1.54, 1.807) is 26.0 Å². The highest BCUT2D eigenvalue weighted by molar-refractivity contribution is 6.02. The molecule has 4 rings (SSSR count). The van der Waals surface area contributed by atoms with Crippen LogP contribution in [0.25, 0.3) is 11.0 Å². The molecule has 0 radical (unpaired) electrons. The fourth-order valence-electron chi connectivity index (χ4n) is 4.12. The average molecular weight is 524 g/mol. The summed E-state index contributed by atoms with van der Waals surface area (Å²) >= 11 is 0. The standard InChI is InChI=1S/C25H21F5N2O5/c1-13-9-16(21-17(10-13)19(33)11-20(36-21)32-8-7-24(26,27)12-32)14(2)31-18-6-4-3-5-15(18)22(34)37-23(35)25(28,29)30/h3-6,9-11,14,31H,7-8,12H2,1-2H3. The van der Waals surface area contributed by atoms with E-state index in [0.717, 1.165) is 6.07 Å². The molecule has 1 saturated heterocycles. The second kappa shape index (κ2) is 9.49. The summed E-state index contributed by atoms with van der Waals surface area (Å²) in [6.45, 7) is 2.79. The van der Waals surface area contributed by atoms with Gasteiger partial charge < -0.3 is 19.4 Å². The van der Waals surface area contributed by atoms with Crippen molar-refractivity contribution in [2.45, 2.75) is 38.4 Å². The van der Waals surface area contributed by atoms with E-state index in [9.17, 15) is 36.3 Å². The Morgan fingerprint density at radius 2 is 1.86 bits per heavy atom. The number of nitrogens with zero attached hydrogens (tertiary/aromatic N) is 1. The Labute approximate surface area is 206 Å². The molecule has 1 aromatic heterocycles. The lowest BCUT2D eigenvalue weighted by Gasteiger charge is -2.21. The summed E-state index contributed by atoms with van der Waals surface area (Å²) < 4.78 is 75.0. The number of carbonyl (C=O) groups excluding carboxylic acids is 2. The van der Waals surface area contributed by atoms with Crippen LogP contribution in [0.4, 0.5) is 33.5 Å². The monoisotopic (exact) mass is 524 g/mol. The van der Waals surface area contributed by atoms with Crippen molar-refractivity contribution in [1.29, 1.82) is 0 Å². The molecule has 1 fully saturated rings. The number of alkyl halides is 5. The molecule has 1 N–H and O–H groups in total. The molecule has 0 amide bonds. The third-order valence-corrected chi connectivity index (χ3v) is 5.87. The van der Waals surface area contributed by atoms with E-state index in [2.05, 4.69) is 10.1 Å². The van der Waals surface area contributed by atoms with E-state index < -0.39 is 42.1 Å². The van der Waals surface area contributed by atoms with Crippen molar-refractivity contribution >= 4 is 34.5 Å². The lowest BCUT2D eigenvalue weighted by Crippen LogP contribution is -2.28. The van der Waals surface area contributed by atoms with Gasteiger partial charge in [0.05, 0.1) is 23.5 Å². The van der Waals surface area contributed by atoms with Gasteiger partial charge in [-0.05, 0) is 37.6 Å². The molecule has 2 heterocycles. The second-order valence-electron chi connectivity index (χ2n) is 8.79. The Balaban J connectivity index is 1.69. The number of rotatable bonds is 5. The van der Waals surface area contributed by atoms with Crippen molar-refractivity contribution in [1.82, 2.24) is 0 Å². The number of hydrogen-bond donors (Lipinski definition) is 1. The fourth-order valence-corrected chi connectivity index (χ4v) is 4.12. The van der Waals surface area contributed by atoms with Gasteiger partial charge in [-0.15, -0.1) is 0 Å². The number of ether oxygens (including phenoxy) is 1. The van der Waals surface area contributed by atoms with Crippen molar-refractivity contribution < 1.29 is 40.7 Å². The lowest BCUT2D eigenvalue weighted by atomic mass is 10.0. The predicted molar refractivity (Wildman–Crippen MR) is 124 cm³/mol. The van der Waals surface area contributed by atoms with E-state index in [0.29, 0.717) is 11.1 Å². The molecule has 1 atom stereocenters. The zero-order valence-corrected chi connectivity index (χ0v) is 19.6. The Kier molecular flexibility index (Phi) is 6.70. The van der Waals surface area contributed by atoms with Crippen LogP contribution >= 0.6 is 0 Å². The number of fused-ring (bicyclic) bond motifs is 1. The maximum atomic E-state index is 13.8. The molecule has 0 aliphatic carbocycles. The van der Waals surface area contributed by atoms with Crippen LogP contribution in [0, 0.1) is 6.92 Å². The number of carbonyl (C=O) groups is 2. The zero-order chi connectivity index (χ0) is 27.1. The summed E-state index contributed by atoms with van der Waals surface area (Å²) in [5, 5.41) is 3.18. The van der Waals surface area contributed by atoms with Crippen LogP contribution in [-0.4, -0.2) is 37.1 Å². The fraction of sp³-hybridized carbons (Fsp3) is 0.320. The molecule has 7 nitrogen and oxygen atoms in total. The summed E-state index contributed by atoms with van der Waals surface area (Å²) in [6, 6.07) is 9.23. The zero-order valence-electron chi connectivity index (χ0n) is 19.6. The van der Waals surface area contributed by atoms with Gasteiger partial charge in [0.25, 0.3) is 5.92 Å². The van der Waals surface area contributed by atoms with Crippen LogP contribution in [0.15, 0.2) is 51.7 Å². The van der Waals surface area contributed by atoms with Gasteiger partial charge in [-0.25, -0.2) is 18.4 Å². The van der Waals surface area contributed by atoms with Gasteiger partial charge >= 0.3 is 18.1 Å². The minimum atomic E-state index is -5.35. The van der Waals surface area contributed by atoms with Gasteiger partial charge in [0.2, 0.25) is 0 Å². The normalized spacial score (nSPS) is 16.0. The van der Waals surface area contributed by atoms with Crippen LogP contribution in [0.3, 0.4) is 0 Å². The molecule has 0 bridgehead atoms. The summed E-state index contributed by atoms with van der Waals surface area (Å²) in [7, 11) is 0. The van der Waals surface area contributed by atoms with Gasteiger partial charge in [-0.2, -0.15) is 13.2 Å². The quantitative estimate of drug-likeness (QED) is 0.273. The number of aryl methyl sites for hydroxylation is 1. The molecule has 196 valence electrons. The number of esters is 2. The van der Waals surface area contributed by atoms with E-state index in [1.807, 2.05) is 0 Å². The van der Waals surface area contributed by atoms with Crippen molar-refractivity contribution in [3.8, 4) is 0 Å². The largest absolute Gasteiger partial charge is 0.491 e. The molecule has 2 aromatic carbocycles. The van der Waals surface area contributed by atoms with Gasteiger partial charge in [-0.3, -0.25) is 4.79 Å². The third kappa shape index (κ3) is 5.57. The first-order chi connectivity index (χ1) is 17.2. The summed E-state index contributed by atoms with van der Waals surface area (Å²) in [6.07, 6.45) is -5.72. The Bertz CT molecular complexity index is 1430. The van der Waals surface area contributed by atoms with Gasteiger partial charge in [0, 0.05) is 30.3 Å². The molecule has 1 unspecified atom stereocenters. The summed E-state index contributed by atoms with van der Waals surface area (Å²) in [4.78, 5) is 37.5. The maximum absolute atomic E-state index is 13.8. The van der Waals surface area contributed by atoms with Crippen LogP contribution < -0.4 is 15.6 Å². The van der Waals surface area contributed by atoms with Crippen molar-refractivity contribution in [2.75, 3.05) is 23.3 Å². The minimum Gasteiger partial charge on any atom is -0.440 e. The van der Waals surface area contributed by atoms with Crippen LogP contribution in [0.2, 0.25) is 0 Å².